The number of nitrogens with two attached hydrogens (primary N) is 1. The summed E-state index contributed by atoms with van der Waals surface area (Å²) in [5, 5.41) is 1.19. The second-order valence-electron chi connectivity index (χ2n) is 9.18. The second kappa shape index (κ2) is 7.15. The van der Waals surface area contributed by atoms with Crippen LogP contribution in [0.5, 0.6) is 0 Å². The molecule has 0 saturated heterocycles. The molecular weight excluding hydrogens is 438 g/mol. The van der Waals surface area contributed by atoms with Crippen molar-refractivity contribution in [2.45, 2.75) is 33.2 Å². The molecule has 0 fully saturated rings. The van der Waals surface area contributed by atoms with Crippen molar-refractivity contribution in [2.75, 3.05) is 10.6 Å². The van der Waals surface area contributed by atoms with Crippen molar-refractivity contribution in [3.63, 3.8) is 0 Å². The van der Waals surface area contributed by atoms with Crippen LogP contribution in [0.1, 0.15) is 47.1 Å². The van der Waals surface area contributed by atoms with E-state index in [0.717, 1.165) is 27.7 Å². The number of hydrogen-bond donors (Lipinski definition) is 1. The highest BCUT2D eigenvalue weighted by atomic mass is 35.5. The molecular formula is C25H22ClN5O2. The molecule has 2 amide bonds. The Hall–Kier alpha value is -3.71. The number of halogens is 1. The fraction of sp³-hybridized carbons (Fsp3) is 0.200. The van der Waals surface area contributed by atoms with Crippen LogP contribution in [0.25, 0.3) is 22.2 Å². The first-order chi connectivity index (χ1) is 15.6. The van der Waals surface area contributed by atoms with Crippen LogP contribution in [0.15, 0.2) is 48.9 Å². The van der Waals surface area contributed by atoms with Gasteiger partial charge in [0.05, 0.1) is 22.2 Å². The average Bonchev–Trinajstić information content (AvgIpc) is 3.26. The van der Waals surface area contributed by atoms with Gasteiger partial charge in [-0.3, -0.25) is 9.59 Å². The van der Waals surface area contributed by atoms with E-state index >= 15 is 0 Å². The van der Waals surface area contributed by atoms with Gasteiger partial charge in [0.2, 0.25) is 0 Å². The fourth-order valence-electron chi connectivity index (χ4n) is 4.32. The summed E-state index contributed by atoms with van der Waals surface area (Å²) in [6.07, 6.45) is 3.49. The lowest BCUT2D eigenvalue weighted by molar-refractivity contribution is 0.0926. The van der Waals surface area contributed by atoms with E-state index in [1.807, 2.05) is 25.3 Å². The van der Waals surface area contributed by atoms with Crippen LogP contribution in [0.3, 0.4) is 0 Å². The van der Waals surface area contributed by atoms with Crippen molar-refractivity contribution in [3.8, 4) is 11.1 Å². The lowest BCUT2D eigenvalue weighted by atomic mass is 10.0. The molecule has 33 heavy (non-hydrogen) atoms. The van der Waals surface area contributed by atoms with Gasteiger partial charge in [0.1, 0.15) is 17.8 Å². The van der Waals surface area contributed by atoms with Gasteiger partial charge in [0.15, 0.2) is 0 Å². The Morgan fingerprint density at radius 2 is 1.67 bits per heavy atom. The van der Waals surface area contributed by atoms with Crippen LogP contribution in [0.2, 0.25) is 5.02 Å². The zero-order valence-electron chi connectivity index (χ0n) is 18.7. The summed E-state index contributed by atoms with van der Waals surface area (Å²) >= 11 is 6.04. The topological polar surface area (TPSA) is 94.1 Å². The molecule has 2 aromatic heterocycles. The molecule has 5 rings (SSSR count). The molecule has 2 aromatic carbocycles. The summed E-state index contributed by atoms with van der Waals surface area (Å²) in [6.45, 7) is 8.16. The summed E-state index contributed by atoms with van der Waals surface area (Å²) in [4.78, 5) is 35.9. The summed E-state index contributed by atoms with van der Waals surface area (Å²) < 4.78 is 2.08. The van der Waals surface area contributed by atoms with E-state index < -0.39 is 0 Å². The number of carbonyl (C=O) groups is 2. The molecule has 0 spiro atoms. The minimum absolute atomic E-state index is 0.215. The highest BCUT2D eigenvalue weighted by molar-refractivity contribution is 6.37. The normalized spacial score (nSPS) is 13.8. The minimum atomic E-state index is -0.379. The molecule has 0 bridgehead atoms. The second-order valence-corrected chi connectivity index (χ2v) is 9.61. The fourth-order valence-corrected chi connectivity index (χ4v) is 4.49. The van der Waals surface area contributed by atoms with Crippen LogP contribution in [0.4, 0.5) is 11.5 Å². The predicted molar refractivity (Wildman–Crippen MR) is 130 cm³/mol. The number of aromatic nitrogens is 3. The van der Waals surface area contributed by atoms with E-state index in [-0.39, 0.29) is 17.4 Å². The van der Waals surface area contributed by atoms with Gasteiger partial charge in [0.25, 0.3) is 11.8 Å². The summed E-state index contributed by atoms with van der Waals surface area (Å²) in [7, 11) is 0. The molecule has 3 heterocycles. The number of anilines is 2. The van der Waals surface area contributed by atoms with E-state index in [0.29, 0.717) is 27.7 Å². The smallest absolute Gasteiger partial charge is 0.266 e. The third-order valence-corrected chi connectivity index (χ3v) is 6.17. The molecule has 2 N–H and O–H groups in total. The number of amides is 2. The summed E-state index contributed by atoms with van der Waals surface area (Å²) in [5.74, 6) is -0.336. The Kier molecular flexibility index (Phi) is 4.58. The third-order valence-electron chi connectivity index (χ3n) is 5.93. The number of rotatable bonds is 2. The van der Waals surface area contributed by atoms with Gasteiger partial charge < -0.3 is 10.3 Å². The van der Waals surface area contributed by atoms with Crippen LogP contribution in [0, 0.1) is 6.92 Å². The molecule has 0 radical (unpaired) electrons. The average molecular weight is 460 g/mol. The van der Waals surface area contributed by atoms with E-state index in [9.17, 15) is 9.59 Å². The largest absolute Gasteiger partial charge is 0.383 e. The van der Waals surface area contributed by atoms with E-state index in [2.05, 4.69) is 35.3 Å². The van der Waals surface area contributed by atoms with Gasteiger partial charge in [-0.25, -0.2) is 14.9 Å². The van der Waals surface area contributed by atoms with Crippen molar-refractivity contribution in [2.24, 2.45) is 0 Å². The highest BCUT2D eigenvalue weighted by Gasteiger charge is 2.37. The zero-order chi connectivity index (χ0) is 23.7. The first kappa shape index (κ1) is 21.2. The van der Waals surface area contributed by atoms with Crippen LogP contribution in [-0.2, 0) is 5.54 Å². The van der Waals surface area contributed by atoms with Crippen molar-refractivity contribution in [3.05, 3.63) is 70.6 Å². The van der Waals surface area contributed by atoms with Crippen molar-refractivity contribution in [1.82, 2.24) is 14.5 Å². The zero-order valence-corrected chi connectivity index (χ0v) is 19.4. The van der Waals surface area contributed by atoms with E-state index in [4.69, 9.17) is 17.3 Å². The Morgan fingerprint density at radius 1 is 0.939 bits per heavy atom. The maximum Gasteiger partial charge on any atom is 0.266 e. The molecule has 0 unspecified atom stereocenters. The Bertz CT molecular complexity index is 1480. The van der Waals surface area contributed by atoms with Crippen LogP contribution in [-0.4, -0.2) is 26.3 Å². The Labute approximate surface area is 195 Å². The number of benzene rings is 2. The molecule has 8 heteroatoms. The van der Waals surface area contributed by atoms with Crippen LogP contribution >= 0.6 is 11.6 Å². The molecule has 166 valence electrons. The van der Waals surface area contributed by atoms with Crippen molar-refractivity contribution >= 4 is 46.0 Å². The lowest BCUT2D eigenvalue weighted by Crippen LogP contribution is -2.30. The first-order valence-corrected chi connectivity index (χ1v) is 10.9. The van der Waals surface area contributed by atoms with Crippen LogP contribution < -0.4 is 10.6 Å². The van der Waals surface area contributed by atoms with E-state index in [1.54, 1.807) is 18.2 Å². The molecule has 0 saturated carbocycles. The summed E-state index contributed by atoms with van der Waals surface area (Å²) in [6, 6.07) is 10.3. The molecule has 1 aliphatic rings. The molecule has 0 aliphatic carbocycles. The van der Waals surface area contributed by atoms with Gasteiger partial charge >= 0.3 is 0 Å². The van der Waals surface area contributed by atoms with Gasteiger partial charge in [-0.2, -0.15) is 0 Å². The number of imide groups is 1. The first-order valence-electron chi connectivity index (χ1n) is 10.5. The number of fused-ring (bicyclic) bond motifs is 2. The monoisotopic (exact) mass is 459 g/mol. The number of aryl methyl sites for hydroxylation is 1. The van der Waals surface area contributed by atoms with Crippen molar-refractivity contribution in [1.29, 1.82) is 0 Å². The Morgan fingerprint density at radius 3 is 2.36 bits per heavy atom. The summed E-state index contributed by atoms with van der Waals surface area (Å²) in [5.41, 5.74) is 10.5. The molecule has 4 aromatic rings. The SMILES string of the molecule is Cc1cc(-c2cn(C(C)(C)C)c3ncnc(N)c23)ccc1N1C(=O)c2ccc(Cl)cc2C1=O. The standard InChI is InChI=1S/C25H22ClN5O2/c1-13-9-14(18-11-30(25(2,3)4)22-20(18)21(27)28-12-29-22)5-8-19(13)31-23(32)16-7-6-15(26)10-17(16)24(31)33/h5-12H,1-4H3,(H2,27,28,29). The molecule has 1 aliphatic heterocycles. The minimum Gasteiger partial charge on any atom is -0.383 e. The third kappa shape index (κ3) is 3.19. The quantitative estimate of drug-likeness (QED) is 0.416. The number of hydrogen-bond acceptors (Lipinski definition) is 5. The number of nitrogens with zero attached hydrogens (tertiary/aromatic N) is 4. The van der Waals surface area contributed by atoms with Gasteiger partial charge in [-0.15, -0.1) is 0 Å². The van der Waals surface area contributed by atoms with E-state index in [1.165, 1.54) is 17.3 Å². The van der Waals surface area contributed by atoms with Gasteiger partial charge in [0, 0.05) is 22.3 Å². The van der Waals surface area contributed by atoms with Gasteiger partial charge in [-0.05, 0) is 69.2 Å². The van der Waals surface area contributed by atoms with Gasteiger partial charge in [-0.1, -0.05) is 17.7 Å². The Balaban J connectivity index is 1.63. The maximum absolute atomic E-state index is 13.0. The lowest BCUT2D eigenvalue weighted by Gasteiger charge is -2.21. The highest BCUT2D eigenvalue weighted by Crippen LogP contribution is 2.38. The maximum atomic E-state index is 13.0. The molecule has 7 nitrogen and oxygen atoms in total. The number of carbonyl (C=O) groups excluding carboxylic acids is 2. The molecule has 0 atom stereocenters. The number of nitrogen functional groups attached to an aromatic ring is 1. The van der Waals surface area contributed by atoms with Crippen molar-refractivity contribution < 1.29 is 9.59 Å². The predicted octanol–water partition coefficient (Wildman–Crippen LogP) is 5.20.